The van der Waals surface area contributed by atoms with Crippen LogP contribution in [0.4, 0.5) is 5.69 Å². The van der Waals surface area contributed by atoms with Gasteiger partial charge in [0.25, 0.3) is 0 Å². The lowest BCUT2D eigenvalue weighted by atomic mass is 10.1. The summed E-state index contributed by atoms with van der Waals surface area (Å²) >= 11 is 12.3. The van der Waals surface area contributed by atoms with Crippen molar-refractivity contribution in [2.24, 2.45) is 0 Å². The van der Waals surface area contributed by atoms with E-state index < -0.39 is 16.1 Å². The lowest BCUT2D eigenvalue weighted by molar-refractivity contribution is -0.140. The van der Waals surface area contributed by atoms with Crippen LogP contribution >= 0.6 is 23.2 Å². The number of amides is 2. The summed E-state index contributed by atoms with van der Waals surface area (Å²) in [7, 11) is -3.67. The third-order valence-corrected chi connectivity index (χ3v) is 7.67. The molecule has 0 aliphatic rings. The molecule has 10 heteroatoms. The van der Waals surface area contributed by atoms with Gasteiger partial charge in [0.1, 0.15) is 6.04 Å². The SMILES string of the molecule is CCC(C)NC(=O)C(C)N(Cc1cccc(C)c1)C(=O)CCCN(c1cc(Cl)ccc1Cl)S(C)(=O)=O. The summed E-state index contributed by atoms with van der Waals surface area (Å²) in [6, 6.07) is 11.7. The topological polar surface area (TPSA) is 86.8 Å². The molecule has 0 aliphatic heterocycles. The van der Waals surface area contributed by atoms with Crippen LogP contribution in [0.5, 0.6) is 0 Å². The molecule has 0 heterocycles. The first-order valence-electron chi connectivity index (χ1n) is 11.9. The number of hydrogen-bond donors (Lipinski definition) is 1. The maximum Gasteiger partial charge on any atom is 0.242 e. The van der Waals surface area contributed by atoms with Crippen molar-refractivity contribution in [1.82, 2.24) is 10.2 Å². The Bertz CT molecular complexity index is 1170. The number of hydrogen-bond acceptors (Lipinski definition) is 4. The first-order valence-corrected chi connectivity index (χ1v) is 14.5. The van der Waals surface area contributed by atoms with Crippen LogP contribution in [0.25, 0.3) is 0 Å². The van der Waals surface area contributed by atoms with Crippen molar-refractivity contribution < 1.29 is 18.0 Å². The number of benzene rings is 2. The monoisotopic (exact) mass is 555 g/mol. The molecule has 0 fully saturated rings. The van der Waals surface area contributed by atoms with E-state index in [4.69, 9.17) is 23.2 Å². The molecular weight excluding hydrogens is 521 g/mol. The molecule has 1 N–H and O–H groups in total. The Morgan fingerprint density at radius 1 is 1.08 bits per heavy atom. The van der Waals surface area contributed by atoms with E-state index in [1.54, 1.807) is 17.9 Å². The number of nitrogens with one attached hydrogen (secondary N) is 1. The van der Waals surface area contributed by atoms with Gasteiger partial charge in [0.05, 0.1) is 17.0 Å². The molecule has 0 bridgehead atoms. The Morgan fingerprint density at radius 3 is 2.39 bits per heavy atom. The zero-order valence-electron chi connectivity index (χ0n) is 21.4. The molecule has 0 saturated heterocycles. The molecule has 7 nitrogen and oxygen atoms in total. The molecule has 198 valence electrons. The van der Waals surface area contributed by atoms with Crippen LogP contribution in [0.2, 0.25) is 10.0 Å². The normalized spacial score (nSPS) is 13.1. The lowest BCUT2D eigenvalue weighted by Gasteiger charge is -2.30. The largest absolute Gasteiger partial charge is 0.352 e. The van der Waals surface area contributed by atoms with Gasteiger partial charge in [-0.1, -0.05) is 60.0 Å². The molecule has 36 heavy (non-hydrogen) atoms. The van der Waals surface area contributed by atoms with Crippen LogP contribution in [-0.4, -0.2) is 50.0 Å². The predicted molar refractivity (Wildman–Crippen MR) is 147 cm³/mol. The van der Waals surface area contributed by atoms with Crippen molar-refractivity contribution in [3.8, 4) is 0 Å². The van der Waals surface area contributed by atoms with Gasteiger partial charge in [-0.3, -0.25) is 13.9 Å². The average molecular weight is 557 g/mol. The molecule has 0 radical (unpaired) electrons. The minimum Gasteiger partial charge on any atom is -0.352 e. The number of nitrogens with zero attached hydrogens (tertiary/aromatic N) is 2. The van der Waals surface area contributed by atoms with Crippen molar-refractivity contribution in [3.05, 3.63) is 63.6 Å². The zero-order chi connectivity index (χ0) is 27.0. The van der Waals surface area contributed by atoms with E-state index in [1.165, 1.54) is 12.1 Å². The number of aryl methyl sites for hydroxylation is 1. The fourth-order valence-electron chi connectivity index (χ4n) is 3.71. The molecule has 2 amide bonds. The maximum absolute atomic E-state index is 13.4. The van der Waals surface area contributed by atoms with Crippen LogP contribution in [0.1, 0.15) is 51.2 Å². The van der Waals surface area contributed by atoms with Crippen LogP contribution in [0.15, 0.2) is 42.5 Å². The molecular formula is C26H35Cl2N3O4S. The number of carbonyl (C=O) groups excluding carboxylic acids is 2. The minimum absolute atomic E-state index is 0.0124. The Morgan fingerprint density at radius 2 is 1.78 bits per heavy atom. The molecule has 0 spiro atoms. The number of anilines is 1. The van der Waals surface area contributed by atoms with Crippen molar-refractivity contribution in [2.75, 3.05) is 17.1 Å². The van der Waals surface area contributed by atoms with Crippen molar-refractivity contribution >= 4 is 50.7 Å². The Balaban J connectivity index is 2.21. The molecule has 2 aromatic rings. The number of halogens is 2. The number of carbonyl (C=O) groups is 2. The molecule has 0 aliphatic carbocycles. The van der Waals surface area contributed by atoms with E-state index in [9.17, 15) is 18.0 Å². The van der Waals surface area contributed by atoms with Crippen molar-refractivity contribution in [1.29, 1.82) is 0 Å². The average Bonchev–Trinajstić information content (AvgIpc) is 2.80. The molecule has 2 rings (SSSR count). The number of sulfonamides is 1. The second-order valence-corrected chi connectivity index (χ2v) is 11.8. The standard InChI is InChI=1S/C26H35Cl2N3O4S/c1-6-19(3)29-26(33)20(4)30(17-21-10-7-9-18(2)15-21)25(32)11-8-14-31(36(5,34)35)24-16-22(27)12-13-23(24)28/h7,9-10,12-13,15-16,19-20H,6,8,11,14,17H2,1-5H3,(H,29,33). The Hall–Kier alpha value is -2.29. The fraction of sp³-hybridized carbons (Fsp3) is 0.462. The summed E-state index contributed by atoms with van der Waals surface area (Å²) in [5.74, 6) is -0.470. The third kappa shape index (κ3) is 8.68. The fourth-order valence-corrected chi connectivity index (χ4v) is 5.12. The van der Waals surface area contributed by atoms with E-state index in [1.807, 2.05) is 45.0 Å². The highest BCUT2D eigenvalue weighted by Crippen LogP contribution is 2.31. The first-order chi connectivity index (χ1) is 16.8. The highest BCUT2D eigenvalue weighted by molar-refractivity contribution is 7.92. The van der Waals surface area contributed by atoms with E-state index in [0.29, 0.717) is 5.02 Å². The van der Waals surface area contributed by atoms with Gasteiger partial charge in [-0.25, -0.2) is 8.42 Å². The van der Waals surface area contributed by atoms with Gasteiger partial charge in [-0.2, -0.15) is 0 Å². The van der Waals surface area contributed by atoms with Gasteiger partial charge >= 0.3 is 0 Å². The molecule has 0 aromatic heterocycles. The van der Waals surface area contributed by atoms with Crippen LogP contribution in [-0.2, 0) is 26.2 Å². The maximum atomic E-state index is 13.4. The van der Waals surface area contributed by atoms with Gasteiger partial charge in [0, 0.05) is 30.6 Å². The van der Waals surface area contributed by atoms with Gasteiger partial charge in [0.15, 0.2) is 0 Å². The summed E-state index contributed by atoms with van der Waals surface area (Å²) in [6.07, 6.45) is 2.14. The Kier molecular flexibility index (Phi) is 11.1. The van der Waals surface area contributed by atoms with E-state index in [-0.39, 0.29) is 54.5 Å². The highest BCUT2D eigenvalue weighted by atomic mass is 35.5. The molecule has 2 aromatic carbocycles. The smallest absolute Gasteiger partial charge is 0.242 e. The van der Waals surface area contributed by atoms with Gasteiger partial charge in [-0.15, -0.1) is 0 Å². The summed E-state index contributed by atoms with van der Waals surface area (Å²) < 4.78 is 26.1. The van der Waals surface area contributed by atoms with E-state index in [2.05, 4.69) is 5.32 Å². The van der Waals surface area contributed by atoms with Crippen LogP contribution in [0.3, 0.4) is 0 Å². The summed E-state index contributed by atoms with van der Waals surface area (Å²) in [5.41, 5.74) is 2.23. The van der Waals surface area contributed by atoms with Crippen LogP contribution in [0, 0.1) is 6.92 Å². The first kappa shape index (κ1) is 29.9. The molecule has 0 saturated carbocycles. The second kappa shape index (κ2) is 13.3. The summed E-state index contributed by atoms with van der Waals surface area (Å²) in [4.78, 5) is 27.8. The van der Waals surface area contributed by atoms with Gasteiger partial charge < -0.3 is 10.2 Å². The predicted octanol–water partition coefficient (Wildman–Crippen LogP) is 5.18. The Labute approximate surface area is 224 Å². The second-order valence-electron chi connectivity index (χ2n) is 9.04. The van der Waals surface area contributed by atoms with E-state index in [0.717, 1.165) is 28.1 Å². The van der Waals surface area contributed by atoms with Crippen molar-refractivity contribution in [2.45, 2.75) is 65.6 Å². The summed E-state index contributed by atoms with van der Waals surface area (Å²) in [6.45, 7) is 7.88. The van der Waals surface area contributed by atoms with Gasteiger partial charge in [0.2, 0.25) is 21.8 Å². The molecule has 2 atom stereocenters. The number of rotatable bonds is 12. The minimum atomic E-state index is -3.67. The quantitative estimate of drug-likeness (QED) is 0.391. The lowest BCUT2D eigenvalue weighted by Crippen LogP contribution is -2.49. The van der Waals surface area contributed by atoms with E-state index >= 15 is 0 Å². The van der Waals surface area contributed by atoms with Gasteiger partial charge in [-0.05, 0) is 57.4 Å². The zero-order valence-corrected chi connectivity index (χ0v) is 23.8. The highest BCUT2D eigenvalue weighted by Gasteiger charge is 2.27. The summed E-state index contributed by atoms with van der Waals surface area (Å²) in [5, 5.41) is 3.54. The third-order valence-electron chi connectivity index (χ3n) is 5.93. The van der Waals surface area contributed by atoms with Crippen LogP contribution < -0.4 is 9.62 Å². The van der Waals surface area contributed by atoms with Crippen molar-refractivity contribution in [3.63, 3.8) is 0 Å². The molecule has 2 unspecified atom stereocenters.